The van der Waals surface area contributed by atoms with Gasteiger partial charge in [0.1, 0.15) is 5.75 Å². The SMILES string of the molecule is COc1ccc(-n2c(Sc3ccc(C(F)(F)F)cc3[N+](=O)[O-])nnc2-c2ccccc2)cc1. The minimum absolute atomic E-state index is 0.00905. The molecule has 0 unspecified atom stereocenters. The molecule has 0 aliphatic carbocycles. The van der Waals surface area contributed by atoms with Gasteiger partial charge in [-0.25, -0.2) is 0 Å². The number of nitro benzene ring substituents is 1. The van der Waals surface area contributed by atoms with Crippen LogP contribution < -0.4 is 4.74 Å². The number of hydrogen-bond acceptors (Lipinski definition) is 6. The fraction of sp³-hybridized carbons (Fsp3) is 0.0909. The maximum Gasteiger partial charge on any atom is 0.416 e. The zero-order chi connectivity index (χ0) is 23.6. The van der Waals surface area contributed by atoms with Crippen LogP contribution >= 0.6 is 11.8 Å². The molecule has 0 N–H and O–H groups in total. The van der Waals surface area contributed by atoms with E-state index in [9.17, 15) is 23.3 Å². The van der Waals surface area contributed by atoms with Gasteiger partial charge >= 0.3 is 6.18 Å². The summed E-state index contributed by atoms with van der Waals surface area (Å²) in [6, 6.07) is 18.6. The van der Waals surface area contributed by atoms with Gasteiger partial charge in [-0.15, -0.1) is 10.2 Å². The first-order chi connectivity index (χ1) is 15.8. The molecule has 0 atom stereocenters. The lowest BCUT2D eigenvalue weighted by Crippen LogP contribution is -2.06. The number of halogens is 3. The van der Waals surface area contributed by atoms with Crippen LogP contribution in [0.4, 0.5) is 18.9 Å². The summed E-state index contributed by atoms with van der Waals surface area (Å²) >= 11 is 0.858. The van der Waals surface area contributed by atoms with Crippen LogP contribution in [0.15, 0.2) is 82.8 Å². The lowest BCUT2D eigenvalue weighted by atomic mass is 10.2. The fourth-order valence-electron chi connectivity index (χ4n) is 3.10. The van der Waals surface area contributed by atoms with Crippen molar-refractivity contribution in [1.82, 2.24) is 14.8 Å². The Morgan fingerprint density at radius 3 is 2.30 bits per heavy atom. The van der Waals surface area contributed by atoms with Crippen LogP contribution in [0, 0.1) is 10.1 Å². The molecule has 0 bridgehead atoms. The molecule has 168 valence electrons. The van der Waals surface area contributed by atoms with E-state index in [1.807, 2.05) is 30.3 Å². The summed E-state index contributed by atoms with van der Waals surface area (Å²) < 4.78 is 46.1. The average molecular weight is 472 g/mol. The number of hydrogen-bond donors (Lipinski definition) is 0. The Hall–Kier alpha value is -3.86. The summed E-state index contributed by atoms with van der Waals surface area (Å²) in [7, 11) is 1.54. The number of benzene rings is 3. The fourth-order valence-corrected chi connectivity index (χ4v) is 4.03. The van der Waals surface area contributed by atoms with Crippen LogP contribution in [0.25, 0.3) is 17.1 Å². The predicted octanol–water partition coefficient (Wildman–Crippen LogP) is 6.02. The first-order valence-electron chi connectivity index (χ1n) is 9.46. The van der Waals surface area contributed by atoms with E-state index >= 15 is 0 Å². The van der Waals surface area contributed by atoms with E-state index in [4.69, 9.17) is 4.74 Å². The van der Waals surface area contributed by atoms with Crippen molar-refractivity contribution in [3.63, 3.8) is 0 Å². The second-order valence-corrected chi connectivity index (χ2v) is 7.75. The standard InChI is InChI=1S/C22H15F3N4O3S/c1-32-17-10-8-16(9-11-17)28-20(14-5-3-2-4-6-14)26-27-21(28)33-19-12-7-15(22(23,24)25)13-18(19)29(30)31/h2-13H,1H3. The van der Waals surface area contributed by atoms with Gasteiger partial charge in [-0.05, 0) is 48.2 Å². The number of rotatable bonds is 6. The molecule has 3 aromatic carbocycles. The van der Waals surface area contributed by atoms with E-state index in [1.165, 1.54) is 7.11 Å². The summed E-state index contributed by atoms with van der Waals surface area (Å²) in [5, 5.41) is 20.2. The first kappa shape index (κ1) is 22.3. The van der Waals surface area contributed by atoms with Gasteiger partial charge in [0.2, 0.25) is 5.16 Å². The quantitative estimate of drug-likeness (QED) is 0.252. The maximum absolute atomic E-state index is 13.1. The molecule has 7 nitrogen and oxygen atoms in total. The van der Waals surface area contributed by atoms with Crippen molar-refractivity contribution in [2.45, 2.75) is 16.2 Å². The highest BCUT2D eigenvalue weighted by atomic mass is 32.2. The molecule has 0 aliphatic heterocycles. The number of ether oxygens (including phenoxy) is 1. The largest absolute Gasteiger partial charge is 0.497 e. The molecule has 0 saturated heterocycles. The van der Waals surface area contributed by atoms with Gasteiger partial charge in [0.15, 0.2) is 5.82 Å². The lowest BCUT2D eigenvalue weighted by Gasteiger charge is -2.12. The highest BCUT2D eigenvalue weighted by molar-refractivity contribution is 7.99. The number of nitrogens with zero attached hydrogens (tertiary/aromatic N) is 4. The van der Waals surface area contributed by atoms with E-state index in [0.29, 0.717) is 23.3 Å². The van der Waals surface area contributed by atoms with Crippen LogP contribution in [0.2, 0.25) is 0 Å². The molecular weight excluding hydrogens is 457 g/mol. The topological polar surface area (TPSA) is 83.1 Å². The van der Waals surface area contributed by atoms with Crippen LogP contribution in [-0.4, -0.2) is 26.8 Å². The highest BCUT2D eigenvalue weighted by Gasteiger charge is 2.33. The molecule has 0 spiro atoms. The summed E-state index contributed by atoms with van der Waals surface area (Å²) in [6.07, 6.45) is -4.70. The second-order valence-electron chi connectivity index (χ2n) is 6.75. The first-order valence-corrected chi connectivity index (χ1v) is 10.3. The normalized spacial score (nSPS) is 11.4. The van der Waals surface area contributed by atoms with E-state index in [-0.39, 0.29) is 10.1 Å². The van der Waals surface area contributed by atoms with Crippen LogP contribution in [0.1, 0.15) is 5.56 Å². The Balaban J connectivity index is 1.83. The highest BCUT2D eigenvalue weighted by Crippen LogP contribution is 2.40. The third-order valence-electron chi connectivity index (χ3n) is 4.68. The van der Waals surface area contributed by atoms with Gasteiger partial charge in [-0.3, -0.25) is 14.7 Å². The Bertz CT molecular complexity index is 1290. The van der Waals surface area contributed by atoms with Crippen LogP contribution in [0.3, 0.4) is 0 Å². The monoisotopic (exact) mass is 472 g/mol. The Kier molecular flexibility index (Phi) is 6.05. The zero-order valence-corrected chi connectivity index (χ0v) is 17.8. The van der Waals surface area contributed by atoms with Crippen LogP contribution in [-0.2, 0) is 6.18 Å². The van der Waals surface area contributed by atoms with E-state index in [1.54, 1.807) is 28.8 Å². The average Bonchev–Trinajstić information content (AvgIpc) is 3.22. The van der Waals surface area contributed by atoms with Crippen molar-refractivity contribution in [3.05, 3.63) is 88.5 Å². The Morgan fingerprint density at radius 2 is 1.70 bits per heavy atom. The van der Waals surface area contributed by atoms with E-state index in [0.717, 1.165) is 29.5 Å². The van der Waals surface area contributed by atoms with Gasteiger partial charge < -0.3 is 4.74 Å². The molecule has 0 aliphatic rings. The van der Waals surface area contributed by atoms with E-state index in [2.05, 4.69) is 10.2 Å². The summed E-state index contributed by atoms with van der Waals surface area (Å²) in [5.41, 5.74) is -0.369. The smallest absolute Gasteiger partial charge is 0.416 e. The maximum atomic E-state index is 13.1. The van der Waals surface area contributed by atoms with Gasteiger partial charge in [0.05, 0.1) is 28.2 Å². The van der Waals surface area contributed by atoms with Crippen molar-refractivity contribution < 1.29 is 22.8 Å². The van der Waals surface area contributed by atoms with E-state index < -0.39 is 22.4 Å². The minimum atomic E-state index is -4.70. The van der Waals surface area contributed by atoms with Crippen molar-refractivity contribution in [1.29, 1.82) is 0 Å². The molecule has 1 heterocycles. The predicted molar refractivity (Wildman–Crippen MR) is 116 cm³/mol. The molecule has 0 fully saturated rings. The van der Waals surface area contributed by atoms with Gasteiger partial charge in [0, 0.05) is 11.6 Å². The Morgan fingerprint density at radius 1 is 1.00 bits per heavy atom. The van der Waals surface area contributed by atoms with Crippen molar-refractivity contribution in [3.8, 4) is 22.8 Å². The molecule has 33 heavy (non-hydrogen) atoms. The zero-order valence-electron chi connectivity index (χ0n) is 17.0. The third-order valence-corrected chi connectivity index (χ3v) is 5.69. The molecule has 4 rings (SSSR count). The van der Waals surface area contributed by atoms with Crippen molar-refractivity contribution >= 4 is 17.4 Å². The minimum Gasteiger partial charge on any atom is -0.497 e. The molecule has 0 amide bonds. The second kappa shape index (κ2) is 8.94. The Labute approximate surface area is 190 Å². The lowest BCUT2D eigenvalue weighted by molar-refractivity contribution is -0.388. The summed E-state index contributed by atoms with van der Waals surface area (Å²) in [4.78, 5) is 10.7. The number of methoxy groups -OCH3 is 1. The summed E-state index contributed by atoms with van der Waals surface area (Å²) in [6.45, 7) is 0. The van der Waals surface area contributed by atoms with Gasteiger partial charge in [0.25, 0.3) is 5.69 Å². The molecule has 1 aromatic heterocycles. The van der Waals surface area contributed by atoms with Crippen LogP contribution in [0.5, 0.6) is 5.75 Å². The van der Waals surface area contributed by atoms with Gasteiger partial charge in [-0.1, -0.05) is 30.3 Å². The summed E-state index contributed by atoms with van der Waals surface area (Å²) in [5.74, 6) is 1.10. The number of aromatic nitrogens is 3. The van der Waals surface area contributed by atoms with Gasteiger partial charge in [-0.2, -0.15) is 13.2 Å². The molecule has 11 heteroatoms. The molecule has 0 saturated carbocycles. The third kappa shape index (κ3) is 4.67. The number of alkyl halides is 3. The van der Waals surface area contributed by atoms with Crippen molar-refractivity contribution in [2.24, 2.45) is 0 Å². The molecular formula is C22H15F3N4O3S. The molecule has 0 radical (unpaired) electrons. The van der Waals surface area contributed by atoms with Crippen molar-refractivity contribution in [2.75, 3.05) is 7.11 Å². The molecule has 4 aromatic rings. The number of nitro groups is 1.